The number of piperazine rings is 1. The summed E-state index contributed by atoms with van der Waals surface area (Å²) in [6, 6.07) is 0. The van der Waals surface area contributed by atoms with Crippen molar-refractivity contribution in [1.29, 1.82) is 0 Å². The number of halogens is 3. The zero-order valence-electron chi connectivity index (χ0n) is 11.5. The Bertz CT molecular complexity index is 256. The van der Waals surface area contributed by atoms with Crippen LogP contribution in [0.2, 0.25) is 0 Å². The fraction of sp³-hybridized carbons (Fsp3) is 1.00. The van der Waals surface area contributed by atoms with Gasteiger partial charge in [0, 0.05) is 39.3 Å². The van der Waals surface area contributed by atoms with E-state index in [1.807, 2.05) is 0 Å². The first-order valence-corrected chi connectivity index (χ1v) is 6.47. The third-order valence-electron chi connectivity index (χ3n) is 2.89. The van der Waals surface area contributed by atoms with Crippen molar-refractivity contribution < 1.29 is 23.0 Å². The molecule has 0 radical (unpaired) electrons. The first-order chi connectivity index (χ1) is 8.66. The van der Waals surface area contributed by atoms with Crippen molar-refractivity contribution in [3.63, 3.8) is 0 Å². The van der Waals surface area contributed by atoms with E-state index in [4.69, 9.17) is 0 Å². The van der Waals surface area contributed by atoms with Crippen LogP contribution in [0.4, 0.5) is 13.2 Å². The second kappa shape index (κ2) is 6.88. The predicted octanol–water partition coefficient (Wildman–Crippen LogP) is 0.954. The zero-order chi connectivity index (χ0) is 14.5. The Hall–Kier alpha value is -0.370. The molecule has 1 saturated heterocycles. The summed E-state index contributed by atoms with van der Waals surface area (Å²) in [4.78, 5) is 4.24. The minimum Gasteiger partial charge on any atom is -0.389 e. The minimum absolute atomic E-state index is 0.102. The molecule has 1 aliphatic heterocycles. The molecule has 1 aliphatic rings. The smallest absolute Gasteiger partial charge is 0.389 e. The van der Waals surface area contributed by atoms with Gasteiger partial charge in [-0.25, -0.2) is 0 Å². The molecule has 1 fully saturated rings. The maximum absolute atomic E-state index is 11.9. The predicted molar refractivity (Wildman–Crippen MR) is 66.1 cm³/mol. The molecule has 1 N–H and O–H groups in total. The SMILES string of the molecule is CC(C)(O)CN1CCN(CCOCC(F)(F)F)CC1. The Labute approximate surface area is 112 Å². The van der Waals surface area contributed by atoms with E-state index in [1.54, 1.807) is 13.8 Å². The average Bonchev–Trinajstić information content (AvgIpc) is 2.23. The van der Waals surface area contributed by atoms with Gasteiger partial charge in [0.15, 0.2) is 0 Å². The van der Waals surface area contributed by atoms with Crippen LogP contribution in [-0.4, -0.2) is 79.2 Å². The summed E-state index contributed by atoms with van der Waals surface area (Å²) >= 11 is 0. The maximum atomic E-state index is 11.9. The molecule has 1 rings (SSSR count). The van der Waals surface area contributed by atoms with Crippen LogP contribution >= 0.6 is 0 Å². The van der Waals surface area contributed by atoms with Crippen molar-refractivity contribution in [3.05, 3.63) is 0 Å². The van der Waals surface area contributed by atoms with Gasteiger partial charge in [0.25, 0.3) is 0 Å². The number of β-amino-alcohol motifs (C(OH)–C–C–N with tert-alkyl or cyclic N) is 1. The van der Waals surface area contributed by atoms with Crippen molar-refractivity contribution in [1.82, 2.24) is 9.80 Å². The number of aliphatic hydroxyl groups is 1. The van der Waals surface area contributed by atoms with Gasteiger partial charge < -0.3 is 9.84 Å². The highest BCUT2D eigenvalue weighted by Gasteiger charge is 2.27. The fourth-order valence-corrected chi connectivity index (χ4v) is 2.10. The van der Waals surface area contributed by atoms with Gasteiger partial charge in [-0.2, -0.15) is 13.2 Å². The van der Waals surface area contributed by atoms with Crippen LogP contribution in [0, 0.1) is 0 Å². The molecule has 0 aromatic heterocycles. The molecule has 0 saturated carbocycles. The summed E-state index contributed by atoms with van der Waals surface area (Å²) in [6.07, 6.45) is -4.24. The van der Waals surface area contributed by atoms with E-state index in [2.05, 4.69) is 14.5 Å². The molecule has 114 valence electrons. The molecule has 4 nitrogen and oxygen atoms in total. The van der Waals surface area contributed by atoms with Crippen LogP contribution in [0.25, 0.3) is 0 Å². The number of nitrogens with zero attached hydrogens (tertiary/aromatic N) is 2. The highest BCUT2D eigenvalue weighted by molar-refractivity contribution is 4.77. The highest BCUT2D eigenvalue weighted by atomic mass is 19.4. The summed E-state index contributed by atoms with van der Waals surface area (Å²) in [5.41, 5.74) is -0.710. The van der Waals surface area contributed by atoms with E-state index in [0.29, 0.717) is 13.1 Å². The number of rotatable bonds is 6. The number of ether oxygens (including phenoxy) is 1. The molecule has 0 aromatic rings. The summed E-state index contributed by atoms with van der Waals surface area (Å²) in [5, 5.41) is 9.70. The van der Waals surface area contributed by atoms with Crippen LogP contribution < -0.4 is 0 Å². The third-order valence-corrected chi connectivity index (χ3v) is 2.89. The first kappa shape index (κ1) is 16.7. The topological polar surface area (TPSA) is 35.9 Å². The summed E-state index contributed by atoms with van der Waals surface area (Å²) in [5.74, 6) is 0. The van der Waals surface area contributed by atoms with Crippen molar-refractivity contribution in [3.8, 4) is 0 Å². The fourth-order valence-electron chi connectivity index (χ4n) is 2.10. The van der Waals surface area contributed by atoms with Crippen LogP contribution in [-0.2, 0) is 4.74 Å². The molecule has 0 atom stereocenters. The normalized spacial score (nSPS) is 19.9. The van der Waals surface area contributed by atoms with Crippen molar-refractivity contribution in [2.75, 3.05) is 52.5 Å². The molecular weight excluding hydrogens is 261 g/mol. The zero-order valence-corrected chi connectivity index (χ0v) is 11.5. The lowest BCUT2D eigenvalue weighted by Gasteiger charge is -2.37. The second-order valence-corrected chi connectivity index (χ2v) is 5.60. The van der Waals surface area contributed by atoms with E-state index >= 15 is 0 Å². The third kappa shape index (κ3) is 8.41. The molecule has 19 heavy (non-hydrogen) atoms. The van der Waals surface area contributed by atoms with Crippen molar-refractivity contribution in [2.24, 2.45) is 0 Å². The minimum atomic E-state index is -4.24. The van der Waals surface area contributed by atoms with Gasteiger partial charge in [-0.1, -0.05) is 0 Å². The Morgan fingerprint density at radius 3 is 2.05 bits per heavy atom. The number of hydrogen-bond donors (Lipinski definition) is 1. The van der Waals surface area contributed by atoms with Gasteiger partial charge in [0.1, 0.15) is 6.61 Å². The summed E-state index contributed by atoms with van der Waals surface area (Å²) < 4.78 is 40.2. The van der Waals surface area contributed by atoms with E-state index in [0.717, 1.165) is 26.2 Å². The van der Waals surface area contributed by atoms with Gasteiger partial charge in [0.2, 0.25) is 0 Å². The molecule has 0 spiro atoms. The standard InChI is InChI=1S/C12H23F3N2O2/c1-11(2,18)9-17-5-3-16(4-6-17)7-8-19-10-12(13,14)15/h18H,3-10H2,1-2H3. The lowest BCUT2D eigenvalue weighted by Crippen LogP contribution is -2.51. The van der Waals surface area contributed by atoms with Crippen LogP contribution in [0.5, 0.6) is 0 Å². The van der Waals surface area contributed by atoms with Gasteiger partial charge >= 0.3 is 6.18 Å². The van der Waals surface area contributed by atoms with E-state index in [-0.39, 0.29) is 6.61 Å². The molecule has 0 aliphatic carbocycles. The molecule has 0 amide bonds. The number of hydrogen-bond acceptors (Lipinski definition) is 4. The van der Waals surface area contributed by atoms with E-state index in [1.165, 1.54) is 0 Å². The van der Waals surface area contributed by atoms with E-state index < -0.39 is 18.4 Å². The van der Waals surface area contributed by atoms with Gasteiger partial charge in [-0.3, -0.25) is 9.80 Å². The van der Waals surface area contributed by atoms with Gasteiger partial charge in [0.05, 0.1) is 12.2 Å². The highest BCUT2D eigenvalue weighted by Crippen LogP contribution is 2.14. The molecule has 0 aromatic carbocycles. The van der Waals surface area contributed by atoms with Crippen molar-refractivity contribution >= 4 is 0 Å². The van der Waals surface area contributed by atoms with Gasteiger partial charge in [-0.15, -0.1) is 0 Å². The summed E-state index contributed by atoms with van der Waals surface area (Å²) in [7, 11) is 0. The Balaban J connectivity index is 2.10. The Kier molecular flexibility index (Phi) is 6.04. The van der Waals surface area contributed by atoms with E-state index in [9.17, 15) is 18.3 Å². The molecule has 0 unspecified atom stereocenters. The van der Waals surface area contributed by atoms with Crippen LogP contribution in [0.15, 0.2) is 0 Å². The number of alkyl halides is 3. The lowest BCUT2D eigenvalue weighted by molar-refractivity contribution is -0.174. The average molecular weight is 284 g/mol. The van der Waals surface area contributed by atoms with Crippen molar-refractivity contribution in [2.45, 2.75) is 25.6 Å². The van der Waals surface area contributed by atoms with Crippen LogP contribution in [0.1, 0.15) is 13.8 Å². The van der Waals surface area contributed by atoms with Crippen LogP contribution in [0.3, 0.4) is 0 Å². The first-order valence-electron chi connectivity index (χ1n) is 6.47. The molecule has 0 bridgehead atoms. The summed E-state index contributed by atoms with van der Waals surface area (Å²) in [6.45, 7) is 6.84. The molecule has 7 heteroatoms. The molecular formula is C12H23F3N2O2. The second-order valence-electron chi connectivity index (χ2n) is 5.60. The largest absolute Gasteiger partial charge is 0.411 e. The Morgan fingerprint density at radius 1 is 1.05 bits per heavy atom. The van der Waals surface area contributed by atoms with Gasteiger partial charge in [-0.05, 0) is 13.8 Å². The molecule has 1 heterocycles. The Morgan fingerprint density at radius 2 is 1.58 bits per heavy atom. The monoisotopic (exact) mass is 284 g/mol. The maximum Gasteiger partial charge on any atom is 0.411 e. The lowest BCUT2D eigenvalue weighted by atomic mass is 10.1. The quantitative estimate of drug-likeness (QED) is 0.737.